The highest BCUT2D eigenvalue weighted by molar-refractivity contribution is 5.25. The van der Waals surface area contributed by atoms with Crippen molar-refractivity contribution < 1.29 is 20.4 Å². The molecule has 0 amide bonds. The van der Waals surface area contributed by atoms with Crippen molar-refractivity contribution in [1.29, 1.82) is 0 Å². The molecule has 0 aromatic heterocycles. The third-order valence-electron chi connectivity index (χ3n) is 5.08. The van der Waals surface area contributed by atoms with Gasteiger partial charge in [-0.15, -0.1) is 0 Å². The van der Waals surface area contributed by atoms with E-state index < -0.39 is 24.4 Å². The minimum Gasteiger partial charge on any atom is -0.392 e. The van der Waals surface area contributed by atoms with Crippen molar-refractivity contribution in [2.45, 2.75) is 49.7 Å². The number of aliphatic hydroxyl groups excluding tert-OH is 4. The standard InChI is InChI=1S/C18H25NO4/c20-11-13-10-15(17(22)18(23)16(13)21)19-9-5-4-8-14(19)12-6-2-1-3-7-12/h1-3,6-7,10,14-18,20-23H,4-5,8-9,11H2. The minimum atomic E-state index is -1.27. The lowest BCUT2D eigenvalue weighted by molar-refractivity contribution is -0.0921. The molecule has 5 nitrogen and oxygen atoms in total. The Morgan fingerprint density at radius 1 is 1.00 bits per heavy atom. The van der Waals surface area contributed by atoms with Gasteiger partial charge in [-0.2, -0.15) is 0 Å². The summed E-state index contributed by atoms with van der Waals surface area (Å²) in [5.74, 6) is 0. The molecule has 1 aromatic rings. The molecular formula is C18H25NO4. The Kier molecular flexibility index (Phi) is 5.14. The molecule has 1 aliphatic heterocycles. The first-order valence-corrected chi connectivity index (χ1v) is 8.30. The highest BCUT2D eigenvalue weighted by Gasteiger charge is 2.42. The van der Waals surface area contributed by atoms with Crippen LogP contribution in [0.15, 0.2) is 42.0 Å². The second kappa shape index (κ2) is 7.11. The molecule has 5 atom stereocenters. The highest BCUT2D eigenvalue weighted by Crippen LogP contribution is 2.36. The molecular weight excluding hydrogens is 294 g/mol. The molecule has 5 heteroatoms. The third kappa shape index (κ3) is 3.20. The second-order valence-electron chi connectivity index (χ2n) is 6.48. The van der Waals surface area contributed by atoms with Crippen molar-refractivity contribution >= 4 is 0 Å². The molecule has 0 saturated carbocycles. The number of rotatable bonds is 3. The number of hydrogen-bond donors (Lipinski definition) is 4. The van der Waals surface area contributed by atoms with Crippen LogP contribution in [0.2, 0.25) is 0 Å². The van der Waals surface area contributed by atoms with Crippen LogP contribution in [0.4, 0.5) is 0 Å². The van der Waals surface area contributed by atoms with Crippen LogP contribution in [0.1, 0.15) is 30.9 Å². The number of benzene rings is 1. The van der Waals surface area contributed by atoms with E-state index >= 15 is 0 Å². The number of piperidine rings is 1. The van der Waals surface area contributed by atoms with Gasteiger partial charge in [-0.25, -0.2) is 0 Å². The van der Waals surface area contributed by atoms with Crippen LogP contribution in [-0.4, -0.2) is 62.8 Å². The van der Waals surface area contributed by atoms with Gasteiger partial charge in [-0.1, -0.05) is 42.8 Å². The maximum Gasteiger partial charge on any atom is 0.111 e. The van der Waals surface area contributed by atoms with Crippen molar-refractivity contribution in [3.05, 3.63) is 47.5 Å². The van der Waals surface area contributed by atoms with Gasteiger partial charge < -0.3 is 20.4 Å². The van der Waals surface area contributed by atoms with Gasteiger partial charge in [0, 0.05) is 6.04 Å². The van der Waals surface area contributed by atoms with Crippen LogP contribution in [0.5, 0.6) is 0 Å². The average Bonchev–Trinajstić information content (AvgIpc) is 2.61. The van der Waals surface area contributed by atoms with Gasteiger partial charge in [0.25, 0.3) is 0 Å². The van der Waals surface area contributed by atoms with Gasteiger partial charge in [0.05, 0.1) is 12.6 Å². The Hall–Kier alpha value is -1.24. The Morgan fingerprint density at radius 3 is 2.43 bits per heavy atom. The zero-order valence-corrected chi connectivity index (χ0v) is 13.1. The van der Waals surface area contributed by atoms with Crippen LogP contribution >= 0.6 is 0 Å². The maximum absolute atomic E-state index is 10.5. The summed E-state index contributed by atoms with van der Waals surface area (Å²) in [6.07, 6.45) is 1.34. The fourth-order valence-electron chi connectivity index (χ4n) is 3.81. The second-order valence-corrected chi connectivity index (χ2v) is 6.48. The number of hydrogen-bond acceptors (Lipinski definition) is 5. The molecule has 0 radical (unpaired) electrons. The highest BCUT2D eigenvalue weighted by atomic mass is 16.4. The lowest BCUT2D eigenvalue weighted by atomic mass is 9.84. The predicted octanol–water partition coefficient (Wildman–Crippen LogP) is 0.597. The summed E-state index contributed by atoms with van der Waals surface area (Å²) in [4.78, 5) is 2.19. The van der Waals surface area contributed by atoms with Crippen molar-refractivity contribution in [3.63, 3.8) is 0 Å². The predicted molar refractivity (Wildman–Crippen MR) is 86.7 cm³/mol. The summed E-state index contributed by atoms with van der Waals surface area (Å²) >= 11 is 0. The Bertz CT molecular complexity index is 547. The Morgan fingerprint density at radius 2 is 1.74 bits per heavy atom. The molecule has 4 N–H and O–H groups in total. The summed E-state index contributed by atoms with van der Waals surface area (Å²) in [5.41, 5.74) is 1.57. The van der Waals surface area contributed by atoms with Gasteiger partial charge in [0.1, 0.15) is 18.3 Å². The summed E-state index contributed by atoms with van der Waals surface area (Å²) in [7, 11) is 0. The van der Waals surface area contributed by atoms with Gasteiger partial charge in [0.2, 0.25) is 0 Å². The zero-order chi connectivity index (χ0) is 16.4. The summed E-state index contributed by atoms with van der Waals surface area (Å²) in [5, 5.41) is 40.0. The van der Waals surface area contributed by atoms with Crippen molar-refractivity contribution in [2.75, 3.05) is 13.2 Å². The third-order valence-corrected chi connectivity index (χ3v) is 5.08. The van der Waals surface area contributed by atoms with E-state index in [9.17, 15) is 20.4 Å². The molecule has 2 aliphatic rings. The van der Waals surface area contributed by atoms with Gasteiger partial charge in [-0.05, 0) is 30.5 Å². The van der Waals surface area contributed by atoms with E-state index in [0.717, 1.165) is 25.8 Å². The lowest BCUT2D eigenvalue weighted by Crippen LogP contribution is -2.56. The SMILES string of the molecule is OCC1=CC(N2CCCCC2c2ccccc2)C(O)C(O)C1O. The normalized spacial score (nSPS) is 35.8. The molecule has 0 spiro atoms. The molecule has 1 aromatic carbocycles. The van der Waals surface area contributed by atoms with Crippen LogP contribution in [-0.2, 0) is 0 Å². The summed E-state index contributed by atoms with van der Waals surface area (Å²) in [6.45, 7) is 0.505. The molecule has 0 bridgehead atoms. The lowest BCUT2D eigenvalue weighted by Gasteiger charge is -2.45. The molecule has 3 rings (SSSR count). The largest absolute Gasteiger partial charge is 0.392 e. The quantitative estimate of drug-likeness (QED) is 0.613. The van der Waals surface area contributed by atoms with Gasteiger partial charge in [-0.3, -0.25) is 4.90 Å². The van der Waals surface area contributed by atoms with E-state index in [4.69, 9.17) is 0 Å². The van der Waals surface area contributed by atoms with Crippen molar-refractivity contribution in [1.82, 2.24) is 4.90 Å². The van der Waals surface area contributed by atoms with E-state index in [-0.39, 0.29) is 12.6 Å². The van der Waals surface area contributed by atoms with E-state index in [0.29, 0.717) is 5.57 Å². The Labute approximate surface area is 136 Å². The first-order valence-electron chi connectivity index (χ1n) is 8.30. The topological polar surface area (TPSA) is 84.2 Å². The molecule has 23 heavy (non-hydrogen) atoms. The first-order chi connectivity index (χ1) is 11.1. The van der Waals surface area contributed by atoms with Crippen LogP contribution in [0.3, 0.4) is 0 Å². The molecule has 1 aliphatic carbocycles. The van der Waals surface area contributed by atoms with Crippen LogP contribution < -0.4 is 0 Å². The van der Waals surface area contributed by atoms with Crippen LogP contribution in [0, 0.1) is 0 Å². The van der Waals surface area contributed by atoms with E-state index in [2.05, 4.69) is 17.0 Å². The Balaban J connectivity index is 1.92. The maximum atomic E-state index is 10.5. The molecule has 126 valence electrons. The van der Waals surface area contributed by atoms with E-state index in [1.165, 1.54) is 5.56 Å². The smallest absolute Gasteiger partial charge is 0.111 e. The number of likely N-dealkylation sites (tertiary alicyclic amines) is 1. The minimum absolute atomic E-state index is 0.170. The summed E-state index contributed by atoms with van der Waals surface area (Å²) < 4.78 is 0. The zero-order valence-electron chi connectivity index (χ0n) is 13.1. The fourth-order valence-corrected chi connectivity index (χ4v) is 3.81. The van der Waals surface area contributed by atoms with Crippen molar-refractivity contribution in [2.24, 2.45) is 0 Å². The molecule has 1 heterocycles. The van der Waals surface area contributed by atoms with Gasteiger partial charge >= 0.3 is 0 Å². The number of aliphatic hydroxyl groups is 4. The molecule has 1 fully saturated rings. The fraction of sp³-hybridized carbons (Fsp3) is 0.556. The van der Waals surface area contributed by atoms with Crippen molar-refractivity contribution in [3.8, 4) is 0 Å². The number of nitrogens with zero attached hydrogens (tertiary/aromatic N) is 1. The molecule has 5 unspecified atom stereocenters. The molecule has 1 saturated heterocycles. The monoisotopic (exact) mass is 319 g/mol. The van der Waals surface area contributed by atoms with E-state index in [1.807, 2.05) is 18.2 Å². The van der Waals surface area contributed by atoms with Crippen LogP contribution in [0.25, 0.3) is 0 Å². The first kappa shape index (κ1) is 16.6. The average molecular weight is 319 g/mol. The van der Waals surface area contributed by atoms with E-state index in [1.54, 1.807) is 6.08 Å². The van der Waals surface area contributed by atoms with Gasteiger partial charge in [0.15, 0.2) is 0 Å². The summed E-state index contributed by atoms with van der Waals surface area (Å²) in [6, 6.07) is 9.93.